The number of amides is 2. The number of fused-ring (bicyclic) bond motifs is 1. The highest BCUT2D eigenvalue weighted by Crippen LogP contribution is 2.23. The first kappa shape index (κ1) is 13.5. The Balaban J connectivity index is 1.56. The van der Waals surface area contributed by atoms with E-state index in [2.05, 4.69) is 15.7 Å². The normalized spacial score (nSPS) is 16.7. The number of carbonyl (C=O) groups is 1. The molecule has 2 N–H and O–H groups in total. The topological polar surface area (TPSA) is 68.2 Å². The first-order valence-electron chi connectivity index (χ1n) is 7.05. The molecular weight excluding hydrogens is 268 g/mol. The Morgan fingerprint density at radius 1 is 1.48 bits per heavy atom. The smallest absolute Gasteiger partial charge is 0.319 e. The fourth-order valence-corrected chi connectivity index (χ4v) is 2.37. The maximum absolute atomic E-state index is 12.0. The lowest BCUT2D eigenvalue weighted by molar-refractivity contribution is 0.222. The van der Waals surface area contributed by atoms with E-state index in [1.54, 1.807) is 17.1 Å². The van der Waals surface area contributed by atoms with Gasteiger partial charge >= 0.3 is 6.03 Å². The number of ether oxygens (including phenoxy) is 1. The second kappa shape index (κ2) is 5.87. The highest BCUT2D eigenvalue weighted by molar-refractivity contribution is 5.89. The summed E-state index contributed by atoms with van der Waals surface area (Å²) in [6.45, 7) is 3.25. The average Bonchev–Trinajstić information content (AvgIpc) is 2.94. The third-order valence-electron chi connectivity index (χ3n) is 3.43. The van der Waals surface area contributed by atoms with Crippen molar-refractivity contribution in [2.75, 3.05) is 11.9 Å². The zero-order chi connectivity index (χ0) is 14.7. The summed E-state index contributed by atoms with van der Waals surface area (Å²) >= 11 is 0. The second-order valence-electron chi connectivity index (χ2n) is 5.00. The first-order valence-corrected chi connectivity index (χ1v) is 7.05. The molecule has 0 spiro atoms. The van der Waals surface area contributed by atoms with E-state index in [1.165, 1.54) is 0 Å². The molecule has 0 unspecified atom stereocenters. The lowest BCUT2D eigenvalue weighted by atomic mass is 10.0. The lowest BCUT2D eigenvalue weighted by Crippen LogP contribution is -2.44. The van der Waals surface area contributed by atoms with E-state index in [0.29, 0.717) is 12.3 Å². The van der Waals surface area contributed by atoms with Gasteiger partial charge < -0.3 is 15.4 Å². The minimum Gasteiger partial charge on any atom is -0.491 e. The van der Waals surface area contributed by atoms with Crippen molar-refractivity contribution >= 4 is 11.7 Å². The second-order valence-corrected chi connectivity index (χ2v) is 5.00. The molecule has 6 nitrogen and oxygen atoms in total. The molecule has 1 aromatic heterocycles. The van der Waals surface area contributed by atoms with Crippen molar-refractivity contribution < 1.29 is 9.53 Å². The first-order chi connectivity index (χ1) is 10.2. The highest BCUT2D eigenvalue weighted by atomic mass is 16.5. The van der Waals surface area contributed by atoms with Crippen LogP contribution in [0.1, 0.15) is 12.5 Å². The Hall–Kier alpha value is -2.50. The average molecular weight is 286 g/mol. The predicted molar refractivity (Wildman–Crippen MR) is 79.5 cm³/mol. The van der Waals surface area contributed by atoms with E-state index in [4.69, 9.17) is 4.74 Å². The number of hydrogen-bond acceptors (Lipinski definition) is 3. The Morgan fingerprint density at radius 2 is 2.33 bits per heavy atom. The fraction of sp³-hybridized carbons (Fsp3) is 0.333. The van der Waals surface area contributed by atoms with E-state index < -0.39 is 0 Å². The largest absolute Gasteiger partial charge is 0.491 e. The number of carbonyl (C=O) groups excluding carboxylic acids is 1. The number of nitrogens with zero attached hydrogens (tertiary/aromatic N) is 2. The summed E-state index contributed by atoms with van der Waals surface area (Å²) in [5.41, 5.74) is 1.80. The van der Waals surface area contributed by atoms with Gasteiger partial charge in [0.05, 0.1) is 17.9 Å². The molecule has 0 fully saturated rings. The van der Waals surface area contributed by atoms with Crippen molar-refractivity contribution in [3.05, 3.63) is 42.2 Å². The number of anilines is 1. The zero-order valence-corrected chi connectivity index (χ0v) is 11.9. The van der Waals surface area contributed by atoms with Crippen LogP contribution in [-0.2, 0) is 13.0 Å². The minimum absolute atomic E-state index is 0.0267. The molecule has 2 aromatic rings. The van der Waals surface area contributed by atoms with Gasteiger partial charge in [0, 0.05) is 12.7 Å². The van der Waals surface area contributed by atoms with Gasteiger partial charge in [-0.15, -0.1) is 0 Å². The van der Waals surface area contributed by atoms with Crippen molar-refractivity contribution in [3.8, 4) is 5.75 Å². The summed E-state index contributed by atoms with van der Waals surface area (Å²) in [7, 11) is 0. The van der Waals surface area contributed by atoms with Crippen molar-refractivity contribution in [3.63, 3.8) is 0 Å². The Kier molecular flexibility index (Phi) is 3.77. The molecule has 2 heterocycles. The van der Waals surface area contributed by atoms with Crippen LogP contribution < -0.4 is 15.4 Å². The number of rotatable bonds is 3. The quantitative estimate of drug-likeness (QED) is 0.907. The summed E-state index contributed by atoms with van der Waals surface area (Å²) in [4.78, 5) is 12.0. The van der Waals surface area contributed by atoms with Crippen LogP contribution in [-0.4, -0.2) is 28.5 Å². The van der Waals surface area contributed by atoms with E-state index >= 15 is 0 Å². The van der Waals surface area contributed by atoms with Crippen LogP contribution in [0.4, 0.5) is 10.5 Å². The summed E-state index contributed by atoms with van der Waals surface area (Å²) in [5, 5.41) is 9.82. The molecule has 0 radical (unpaired) electrons. The monoisotopic (exact) mass is 286 g/mol. The van der Waals surface area contributed by atoms with Gasteiger partial charge in [-0.2, -0.15) is 5.10 Å². The minimum atomic E-state index is -0.237. The predicted octanol–water partition coefficient (Wildman–Crippen LogP) is 2.03. The van der Waals surface area contributed by atoms with Gasteiger partial charge in [0.1, 0.15) is 12.4 Å². The van der Waals surface area contributed by atoms with E-state index in [9.17, 15) is 4.79 Å². The Bertz CT molecular complexity index is 638. The standard InChI is InChI=1S/C15H18N4O2/c1-2-19-9-13(8-16-19)18-15(20)17-12-7-11-5-3-4-6-14(11)21-10-12/h3-6,8-9,12H,2,7,10H2,1H3,(H2,17,18,20)/t12-/m1/s1. The molecule has 21 heavy (non-hydrogen) atoms. The van der Waals surface area contributed by atoms with E-state index in [0.717, 1.165) is 24.3 Å². The van der Waals surface area contributed by atoms with E-state index in [-0.39, 0.29) is 12.1 Å². The van der Waals surface area contributed by atoms with Crippen molar-refractivity contribution in [1.82, 2.24) is 15.1 Å². The third kappa shape index (κ3) is 3.16. The molecule has 0 bridgehead atoms. The van der Waals surface area contributed by atoms with Crippen molar-refractivity contribution in [2.45, 2.75) is 25.9 Å². The van der Waals surface area contributed by atoms with Gasteiger partial charge in [-0.05, 0) is 25.0 Å². The summed E-state index contributed by atoms with van der Waals surface area (Å²) in [5.74, 6) is 0.903. The number of aromatic nitrogens is 2. The van der Waals surface area contributed by atoms with Crippen LogP contribution in [0.25, 0.3) is 0 Å². The van der Waals surface area contributed by atoms with Crippen molar-refractivity contribution in [1.29, 1.82) is 0 Å². The number of hydrogen-bond donors (Lipinski definition) is 2. The molecule has 3 rings (SSSR count). The number of urea groups is 1. The van der Waals surface area contributed by atoms with Gasteiger partial charge in [0.2, 0.25) is 0 Å². The van der Waals surface area contributed by atoms with E-state index in [1.807, 2.05) is 31.2 Å². The van der Waals surface area contributed by atoms with Crippen LogP contribution in [0.15, 0.2) is 36.7 Å². The van der Waals surface area contributed by atoms with Crippen LogP contribution in [0.5, 0.6) is 5.75 Å². The molecule has 1 atom stereocenters. The van der Waals surface area contributed by atoms with Crippen LogP contribution in [0.3, 0.4) is 0 Å². The molecule has 0 saturated heterocycles. The SMILES string of the molecule is CCn1cc(NC(=O)N[C@H]2COc3ccccc3C2)cn1. The number of aryl methyl sites for hydroxylation is 1. The van der Waals surface area contributed by atoms with Gasteiger partial charge in [-0.1, -0.05) is 18.2 Å². The van der Waals surface area contributed by atoms with Gasteiger partial charge in [-0.3, -0.25) is 4.68 Å². The van der Waals surface area contributed by atoms with Gasteiger partial charge in [0.25, 0.3) is 0 Å². The maximum atomic E-state index is 12.0. The Morgan fingerprint density at radius 3 is 3.14 bits per heavy atom. The number of para-hydroxylation sites is 1. The van der Waals surface area contributed by atoms with Gasteiger partial charge in [0.15, 0.2) is 0 Å². The number of nitrogens with one attached hydrogen (secondary N) is 2. The molecule has 2 amide bonds. The van der Waals surface area contributed by atoms with Crippen LogP contribution >= 0.6 is 0 Å². The fourth-order valence-electron chi connectivity index (χ4n) is 2.37. The molecule has 1 aliphatic heterocycles. The molecule has 0 saturated carbocycles. The van der Waals surface area contributed by atoms with Crippen LogP contribution in [0, 0.1) is 0 Å². The number of benzene rings is 1. The van der Waals surface area contributed by atoms with Crippen molar-refractivity contribution in [2.24, 2.45) is 0 Å². The Labute approximate surface area is 123 Å². The zero-order valence-electron chi connectivity index (χ0n) is 11.9. The summed E-state index contributed by atoms with van der Waals surface area (Å²) < 4.78 is 7.41. The molecule has 1 aliphatic rings. The summed E-state index contributed by atoms with van der Waals surface area (Å²) in [6, 6.07) is 7.63. The molecular formula is C15H18N4O2. The van der Waals surface area contributed by atoms with Gasteiger partial charge in [-0.25, -0.2) is 4.79 Å². The molecule has 6 heteroatoms. The van der Waals surface area contributed by atoms with Crippen LogP contribution in [0.2, 0.25) is 0 Å². The molecule has 1 aromatic carbocycles. The molecule has 110 valence electrons. The highest BCUT2D eigenvalue weighted by Gasteiger charge is 2.21. The maximum Gasteiger partial charge on any atom is 0.319 e. The third-order valence-corrected chi connectivity index (χ3v) is 3.43. The molecule has 0 aliphatic carbocycles. The lowest BCUT2D eigenvalue weighted by Gasteiger charge is -2.25. The summed E-state index contributed by atoms with van der Waals surface area (Å²) in [6.07, 6.45) is 4.21.